The van der Waals surface area contributed by atoms with Crippen molar-refractivity contribution in [3.8, 4) is 0 Å². The van der Waals surface area contributed by atoms with E-state index in [1.165, 1.54) is 11.3 Å². The lowest BCUT2D eigenvalue weighted by molar-refractivity contribution is -0.155. The van der Waals surface area contributed by atoms with Crippen LogP contribution in [0, 0.1) is 0 Å². The maximum absolute atomic E-state index is 12.9. The minimum absolute atomic E-state index is 0.0342. The van der Waals surface area contributed by atoms with Crippen LogP contribution >= 0.6 is 11.3 Å². The number of carbonyl (C=O) groups excluding carboxylic acids is 2. The van der Waals surface area contributed by atoms with Crippen LogP contribution < -0.4 is 5.32 Å². The van der Waals surface area contributed by atoms with E-state index in [4.69, 9.17) is 4.74 Å². The van der Waals surface area contributed by atoms with Gasteiger partial charge in [-0.25, -0.2) is 4.79 Å². The smallest absolute Gasteiger partial charge is 0.326 e. The predicted molar refractivity (Wildman–Crippen MR) is 137 cm³/mol. The predicted octanol–water partition coefficient (Wildman–Crippen LogP) is 5.62. The second kappa shape index (κ2) is 11.8. The summed E-state index contributed by atoms with van der Waals surface area (Å²) < 4.78 is 5.26. The van der Waals surface area contributed by atoms with Gasteiger partial charge in [-0.05, 0) is 56.9 Å². The summed E-state index contributed by atoms with van der Waals surface area (Å²) in [6.07, 6.45) is 0.525. The van der Waals surface area contributed by atoms with E-state index in [2.05, 4.69) is 29.6 Å². The summed E-state index contributed by atoms with van der Waals surface area (Å²) in [7, 11) is 0. The summed E-state index contributed by atoms with van der Waals surface area (Å²) in [5.41, 5.74) is 1.63. The van der Waals surface area contributed by atoms with Crippen molar-refractivity contribution in [3.05, 3.63) is 93.7 Å². The molecule has 0 spiro atoms. The van der Waals surface area contributed by atoms with Crippen molar-refractivity contribution < 1.29 is 24.2 Å². The van der Waals surface area contributed by atoms with E-state index in [0.29, 0.717) is 11.3 Å². The molecule has 1 aromatic heterocycles. The second-order valence-corrected chi connectivity index (χ2v) is 10.4. The molecule has 0 saturated heterocycles. The van der Waals surface area contributed by atoms with Crippen LogP contribution in [0.2, 0.25) is 0 Å². The van der Waals surface area contributed by atoms with Crippen molar-refractivity contribution >= 4 is 29.2 Å². The van der Waals surface area contributed by atoms with E-state index in [9.17, 15) is 19.5 Å². The van der Waals surface area contributed by atoms with Crippen molar-refractivity contribution in [1.82, 2.24) is 5.32 Å². The van der Waals surface area contributed by atoms with Crippen molar-refractivity contribution in [1.29, 1.82) is 0 Å². The Bertz CT molecular complexity index is 1100. The van der Waals surface area contributed by atoms with Crippen LogP contribution in [-0.4, -0.2) is 34.6 Å². The summed E-state index contributed by atoms with van der Waals surface area (Å²) in [5, 5.41) is 12.2. The topological polar surface area (TPSA) is 92.7 Å². The number of carboxylic acid groups (broad SMARTS) is 1. The lowest BCUT2D eigenvalue weighted by Crippen LogP contribution is -2.40. The summed E-state index contributed by atoms with van der Waals surface area (Å²) in [5.74, 6) is -1.99. The van der Waals surface area contributed by atoms with E-state index >= 15 is 0 Å². The van der Waals surface area contributed by atoms with E-state index < -0.39 is 23.5 Å². The summed E-state index contributed by atoms with van der Waals surface area (Å²) >= 11 is 1.35. The fourth-order valence-corrected chi connectivity index (χ4v) is 4.84. The van der Waals surface area contributed by atoms with Gasteiger partial charge in [0.25, 0.3) is 5.91 Å². The van der Waals surface area contributed by atoms with E-state index in [-0.39, 0.29) is 24.7 Å². The lowest BCUT2D eigenvalue weighted by atomic mass is 9.90. The number of thiophene rings is 1. The fraction of sp³-hybridized carbons (Fsp3) is 0.321. The first-order chi connectivity index (χ1) is 16.6. The van der Waals surface area contributed by atoms with Gasteiger partial charge in [-0.2, -0.15) is 0 Å². The summed E-state index contributed by atoms with van der Waals surface area (Å²) in [4.78, 5) is 38.0. The second-order valence-electron chi connectivity index (χ2n) is 9.30. The average Bonchev–Trinajstić information content (AvgIpc) is 3.28. The van der Waals surface area contributed by atoms with Crippen LogP contribution in [0.25, 0.3) is 0 Å². The van der Waals surface area contributed by atoms with Crippen LogP contribution in [0.15, 0.2) is 72.8 Å². The molecule has 0 bridgehead atoms. The summed E-state index contributed by atoms with van der Waals surface area (Å²) in [6, 6.07) is 22.7. The molecule has 0 unspecified atom stereocenters. The molecular weight excluding hydrogens is 462 g/mol. The maximum atomic E-state index is 12.9. The third-order valence-electron chi connectivity index (χ3n) is 5.30. The molecule has 6 nitrogen and oxygen atoms in total. The zero-order chi connectivity index (χ0) is 25.4. The number of ether oxygens (including phenoxy) is 1. The Morgan fingerprint density at radius 1 is 0.914 bits per heavy atom. The zero-order valence-electron chi connectivity index (χ0n) is 20.2. The van der Waals surface area contributed by atoms with Crippen LogP contribution in [0.3, 0.4) is 0 Å². The van der Waals surface area contributed by atoms with Gasteiger partial charge in [0.2, 0.25) is 0 Å². The number of carbonyl (C=O) groups is 3. The van der Waals surface area contributed by atoms with Crippen molar-refractivity contribution in [2.45, 2.75) is 57.6 Å². The highest BCUT2D eigenvalue weighted by molar-refractivity contribution is 7.14. The minimum atomic E-state index is -1.13. The van der Waals surface area contributed by atoms with Crippen molar-refractivity contribution in [2.75, 3.05) is 0 Å². The van der Waals surface area contributed by atoms with Crippen LogP contribution in [0.1, 0.15) is 71.6 Å². The van der Waals surface area contributed by atoms with E-state index in [1.54, 1.807) is 26.8 Å². The van der Waals surface area contributed by atoms with Crippen LogP contribution in [0.5, 0.6) is 0 Å². The third-order valence-corrected chi connectivity index (χ3v) is 6.45. The monoisotopic (exact) mass is 493 g/mol. The number of amides is 1. The highest BCUT2D eigenvalue weighted by atomic mass is 32.1. The Morgan fingerprint density at radius 3 is 2.00 bits per heavy atom. The molecule has 7 heteroatoms. The number of rotatable bonds is 10. The van der Waals surface area contributed by atoms with Gasteiger partial charge in [-0.3, -0.25) is 9.59 Å². The molecule has 1 amide bonds. The molecule has 0 aliphatic heterocycles. The number of benzene rings is 2. The molecule has 0 radical (unpaired) electrons. The van der Waals surface area contributed by atoms with Gasteiger partial charge in [0.1, 0.15) is 11.6 Å². The Balaban J connectivity index is 1.70. The third kappa shape index (κ3) is 7.79. The number of nitrogens with one attached hydrogen (secondary N) is 1. The average molecular weight is 494 g/mol. The quantitative estimate of drug-likeness (QED) is 0.358. The first-order valence-electron chi connectivity index (χ1n) is 11.6. The Kier molecular flexibility index (Phi) is 8.82. The molecule has 0 fully saturated rings. The molecular formula is C28H31NO5S. The fourth-order valence-electron chi connectivity index (χ4n) is 3.77. The van der Waals surface area contributed by atoms with Gasteiger partial charge in [-0.15, -0.1) is 11.3 Å². The molecule has 0 aliphatic carbocycles. The SMILES string of the molecule is CC(C)(C)OC(=O)CCC[C@H](NC(=O)c1ccc(C(c2ccccc2)c2ccccc2)s1)C(=O)O. The first-order valence-corrected chi connectivity index (χ1v) is 12.4. The molecule has 1 atom stereocenters. The highest BCUT2D eigenvalue weighted by Gasteiger charge is 2.24. The molecule has 1 heterocycles. The summed E-state index contributed by atoms with van der Waals surface area (Å²) in [6.45, 7) is 5.34. The Labute approximate surface area is 210 Å². The van der Waals surface area contributed by atoms with Gasteiger partial charge in [-0.1, -0.05) is 60.7 Å². The standard InChI is InChI=1S/C28H31NO5S/c1-28(2,3)34-24(30)16-10-15-21(27(32)33)29-26(31)23-18-17-22(35-23)25(19-11-6-4-7-12-19)20-13-8-5-9-14-20/h4-9,11-14,17-18,21,25H,10,15-16H2,1-3H3,(H,29,31)(H,32,33)/t21-/m0/s1. The normalized spacial score (nSPS) is 12.2. The largest absolute Gasteiger partial charge is 0.480 e. The van der Waals surface area contributed by atoms with Crippen LogP contribution in [0.4, 0.5) is 0 Å². The minimum Gasteiger partial charge on any atom is -0.480 e. The lowest BCUT2D eigenvalue weighted by Gasteiger charge is -2.20. The number of carboxylic acids is 1. The van der Waals surface area contributed by atoms with E-state index in [1.807, 2.05) is 42.5 Å². The van der Waals surface area contributed by atoms with Crippen molar-refractivity contribution in [2.24, 2.45) is 0 Å². The number of esters is 1. The van der Waals surface area contributed by atoms with Crippen LogP contribution in [-0.2, 0) is 14.3 Å². The molecule has 3 aromatic rings. The Hall–Kier alpha value is -3.45. The van der Waals surface area contributed by atoms with E-state index in [0.717, 1.165) is 16.0 Å². The molecule has 0 saturated carbocycles. The first kappa shape index (κ1) is 26.2. The maximum Gasteiger partial charge on any atom is 0.326 e. The molecule has 3 rings (SSSR count). The van der Waals surface area contributed by atoms with Gasteiger partial charge in [0.15, 0.2) is 0 Å². The van der Waals surface area contributed by atoms with Gasteiger partial charge in [0, 0.05) is 17.2 Å². The van der Waals surface area contributed by atoms with Gasteiger partial charge in [0.05, 0.1) is 4.88 Å². The Morgan fingerprint density at radius 2 is 1.49 bits per heavy atom. The molecule has 184 valence electrons. The van der Waals surface area contributed by atoms with Crippen molar-refractivity contribution in [3.63, 3.8) is 0 Å². The van der Waals surface area contributed by atoms with Gasteiger partial charge < -0.3 is 15.2 Å². The van der Waals surface area contributed by atoms with Gasteiger partial charge >= 0.3 is 11.9 Å². The highest BCUT2D eigenvalue weighted by Crippen LogP contribution is 2.36. The number of aliphatic carboxylic acids is 1. The number of hydrogen-bond donors (Lipinski definition) is 2. The number of hydrogen-bond acceptors (Lipinski definition) is 5. The molecule has 2 N–H and O–H groups in total. The molecule has 2 aromatic carbocycles. The molecule has 0 aliphatic rings. The zero-order valence-corrected chi connectivity index (χ0v) is 21.0. The molecule has 35 heavy (non-hydrogen) atoms.